The molecule has 0 aromatic heterocycles. The lowest BCUT2D eigenvalue weighted by molar-refractivity contribution is -0.140. The molecule has 2 rings (SSSR count). The molecule has 114 valence electrons. The van der Waals surface area contributed by atoms with Crippen LogP contribution in [0.5, 0.6) is 0 Å². The van der Waals surface area contributed by atoms with E-state index in [0.29, 0.717) is 11.4 Å². The molecule has 1 unspecified atom stereocenters. The van der Waals surface area contributed by atoms with Crippen molar-refractivity contribution in [2.45, 2.75) is 32.3 Å². The van der Waals surface area contributed by atoms with Gasteiger partial charge >= 0.3 is 5.97 Å². The van der Waals surface area contributed by atoms with E-state index in [9.17, 15) is 9.59 Å². The average Bonchev–Trinajstić information content (AvgIpc) is 2.46. The first-order chi connectivity index (χ1) is 9.97. The van der Waals surface area contributed by atoms with Gasteiger partial charge in [0.25, 0.3) is 5.91 Å². The van der Waals surface area contributed by atoms with Gasteiger partial charge < -0.3 is 21.1 Å². The second-order valence-electron chi connectivity index (χ2n) is 5.32. The van der Waals surface area contributed by atoms with E-state index >= 15 is 0 Å². The number of ether oxygens (including phenoxy) is 1. The molecule has 1 amide bonds. The van der Waals surface area contributed by atoms with Crippen molar-refractivity contribution < 1.29 is 14.3 Å². The summed E-state index contributed by atoms with van der Waals surface area (Å²) in [6.45, 7) is 3.04. The number of anilines is 2. The molecule has 1 aliphatic heterocycles. The number of amides is 1. The zero-order valence-electron chi connectivity index (χ0n) is 12.2. The summed E-state index contributed by atoms with van der Waals surface area (Å²) in [5.41, 5.74) is 12.3. The molecule has 21 heavy (non-hydrogen) atoms. The number of benzene rings is 1. The minimum Gasteiger partial charge on any atom is -0.449 e. The van der Waals surface area contributed by atoms with Gasteiger partial charge in [0.1, 0.15) is 0 Å². The number of hydrogen-bond acceptors (Lipinski definition) is 5. The molecule has 1 heterocycles. The van der Waals surface area contributed by atoms with Gasteiger partial charge in [-0.25, -0.2) is 4.79 Å². The van der Waals surface area contributed by atoms with E-state index in [1.54, 1.807) is 17.9 Å². The molecule has 1 aromatic carbocycles. The molecule has 0 saturated carbocycles. The first kappa shape index (κ1) is 15.2. The molecule has 1 aromatic rings. The Hall–Kier alpha value is -2.24. The van der Waals surface area contributed by atoms with Crippen LogP contribution in [0.25, 0.3) is 0 Å². The summed E-state index contributed by atoms with van der Waals surface area (Å²) in [5.74, 6) is -0.744. The van der Waals surface area contributed by atoms with Crippen LogP contribution in [-0.4, -0.2) is 36.0 Å². The third kappa shape index (κ3) is 3.87. The molecule has 6 nitrogen and oxygen atoms in total. The van der Waals surface area contributed by atoms with Gasteiger partial charge in [-0.15, -0.1) is 0 Å². The van der Waals surface area contributed by atoms with Crippen LogP contribution < -0.4 is 11.5 Å². The number of carbonyl (C=O) groups excluding carboxylic acids is 2. The number of nitrogens with zero attached hydrogens (tertiary/aromatic N) is 1. The average molecular weight is 291 g/mol. The van der Waals surface area contributed by atoms with Gasteiger partial charge in [-0.1, -0.05) is 0 Å². The normalized spacial score (nSPS) is 16.3. The van der Waals surface area contributed by atoms with Gasteiger partial charge in [0.2, 0.25) is 0 Å². The number of likely N-dealkylation sites (tertiary alicyclic amines) is 1. The fraction of sp³-hybridized carbons (Fsp3) is 0.467. The molecule has 1 saturated heterocycles. The SMILES string of the molecule is CC(OC(=O)c1cc(N)cc(N)c1)C(=O)N1CCCCC1. The van der Waals surface area contributed by atoms with Crippen molar-refractivity contribution in [3.05, 3.63) is 23.8 Å². The van der Waals surface area contributed by atoms with Crippen LogP contribution >= 0.6 is 0 Å². The van der Waals surface area contributed by atoms with Gasteiger partial charge in [-0.05, 0) is 44.4 Å². The van der Waals surface area contributed by atoms with Crippen molar-refractivity contribution in [1.82, 2.24) is 4.90 Å². The molecular formula is C15H21N3O3. The Labute approximate surface area is 124 Å². The van der Waals surface area contributed by atoms with E-state index in [1.807, 2.05) is 0 Å². The topological polar surface area (TPSA) is 98.6 Å². The molecule has 6 heteroatoms. The quantitative estimate of drug-likeness (QED) is 0.648. The molecule has 1 aliphatic rings. The Morgan fingerprint density at radius 2 is 1.67 bits per heavy atom. The summed E-state index contributed by atoms with van der Waals surface area (Å²) in [4.78, 5) is 26.0. The monoisotopic (exact) mass is 291 g/mol. The zero-order chi connectivity index (χ0) is 15.4. The van der Waals surface area contributed by atoms with Crippen LogP contribution in [0.4, 0.5) is 11.4 Å². The summed E-state index contributed by atoms with van der Waals surface area (Å²) >= 11 is 0. The maximum atomic E-state index is 12.2. The smallest absolute Gasteiger partial charge is 0.339 e. The highest BCUT2D eigenvalue weighted by atomic mass is 16.5. The summed E-state index contributed by atoms with van der Waals surface area (Å²) in [6.07, 6.45) is 2.33. The number of carbonyl (C=O) groups is 2. The van der Waals surface area contributed by atoms with Gasteiger partial charge in [0, 0.05) is 24.5 Å². The van der Waals surface area contributed by atoms with E-state index in [0.717, 1.165) is 32.4 Å². The number of esters is 1. The highest BCUT2D eigenvalue weighted by Gasteiger charge is 2.25. The van der Waals surface area contributed by atoms with Gasteiger partial charge in [-0.2, -0.15) is 0 Å². The lowest BCUT2D eigenvalue weighted by atomic mass is 10.1. The number of rotatable bonds is 3. The van der Waals surface area contributed by atoms with E-state index < -0.39 is 12.1 Å². The number of nitrogens with two attached hydrogens (primary N) is 2. The Morgan fingerprint density at radius 3 is 2.24 bits per heavy atom. The largest absolute Gasteiger partial charge is 0.449 e. The van der Waals surface area contributed by atoms with Crippen molar-refractivity contribution >= 4 is 23.3 Å². The molecule has 4 N–H and O–H groups in total. The van der Waals surface area contributed by atoms with Crippen LogP contribution in [0.3, 0.4) is 0 Å². The predicted molar refractivity (Wildman–Crippen MR) is 80.6 cm³/mol. The number of nitrogen functional groups attached to an aromatic ring is 2. The minimum atomic E-state index is -0.807. The summed E-state index contributed by atoms with van der Waals surface area (Å²) in [7, 11) is 0. The lowest BCUT2D eigenvalue weighted by Crippen LogP contribution is -2.42. The van der Waals surface area contributed by atoms with Crippen LogP contribution in [0.1, 0.15) is 36.5 Å². The van der Waals surface area contributed by atoms with E-state index in [-0.39, 0.29) is 11.5 Å². The third-order valence-corrected chi connectivity index (χ3v) is 3.51. The highest BCUT2D eigenvalue weighted by Crippen LogP contribution is 2.16. The van der Waals surface area contributed by atoms with E-state index in [2.05, 4.69) is 0 Å². The Balaban J connectivity index is 1.99. The first-order valence-corrected chi connectivity index (χ1v) is 7.13. The molecule has 0 radical (unpaired) electrons. The Morgan fingerprint density at radius 1 is 1.10 bits per heavy atom. The van der Waals surface area contributed by atoms with Crippen LogP contribution in [0.2, 0.25) is 0 Å². The van der Waals surface area contributed by atoms with Gasteiger partial charge in [0.15, 0.2) is 6.10 Å². The zero-order valence-corrected chi connectivity index (χ0v) is 12.2. The maximum Gasteiger partial charge on any atom is 0.339 e. The molecule has 0 aliphatic carbocycles. The summed E-state index contributed by atoms with van der Waals surface area (Å²) in [6, 6.07) is 4.52. The van der Waals surface area contributed by atoms with E-state index in [1.165, 1.54) is 12.1 Å². The summed E-state index contributed by atoms with van der Waals surface area (Å²) < 4.78 is 5.22. The molecular weight excluding hydrogens is 270 g/mol. The highest BCUT2D eigenvalue weighted by molar-refractivity contribution is 5.94. The summed E-state index contributed by atoms with van der Waals surface area (Å²) in [5, 5.41) is 0. The maximum absolute atomic E-state index is 12.2. The van der Waals surface area contributed by atoms with Crippen molar-refractivity contribution in [2.75, 3.05) is 24.6 Å². The van der Waals surface area contributed by atoms with Gasteiger partial charge in [-0.3, -0.25) is 4.79 Å². The standard InChI is InChI=1S/C15H21N3O3/c1-10(14(19)18-5-3-2-4-6-18)21-15(20)11-7-12(16)9-13(17)8-11/h7-10H,2-6,16-17H2,1H3. The van der Waals surface area contributed by atoms with Crippen LogP contribution in [-0.2, 0) is 9.53 Å². The lowest BCUT2D eigenvalue weighted by Gasteiger charge is -2.28. The van der Waals surface area contributed by atoms with Crippen LogP contribution in [0.15, 0.2) is 18.2 Å². The molecule has 1 fully saturated rings. The van der Waals surface area contributed by atoms with Gasteiger partial charge in [0.05, 0.1) is 5.56 Å². The minimum absolute atomic E-state index is 0.153. The number of piperidine rings is 1. The van der Waals surface area contributed by atoms with Crippen molar-refractivity contribution in [2.24, 2.45) is 0 Å². The fourth-order valence-corrected chi connectivity index (χ4v) is 2.44. The van der Waals surface area contributed by atoms with Crippen molar-refractivity contribution in [1.29, 1.82) is 0 Å². The molecule has 1 atom stereocenters. The number of hydrogen-bond donors (Lipinski definition) is 2. The first-order valence-electron chi connectivity index (χ1n) is 7.13. The second kappa shape index (κ2) is 6.47. The van der Waals surface area contributed by atoms with Crippen molar-refractivity contribution in [3.8, 4) is 0 Å². The Bertz CT molecular complexity index is 519. The van der Waals surface area contributed by atoms with Crippen LogP contribution in [0, 0.1) is 0 Å². The molecule has 0 spiro atoms. The Kier molecular flexibility index (Phi) is 4.67. The van der Waals surface area contributed by atoms with Crippen molar-refractivity contribution in [3.63, 3.8) is 0 Å². The fourth-order valence-electron chi connectivity index (χ4n) is 2.44. The molecule has 0 bridgehead atoms. The predicted octanol–water partition coefficient (Wildman–Crippen LogP) is 1.41. The third-order valence-electron chi connectivity index (χ3n) is 3.51. The second-order valence-corrected chi connectivity index (χ2v) is 5.32. The van der Waals surface area contributed by atoms with E-state index in [4.69, 9.17) is 16.2 Å².